The third-order valence-corrected chi connectivity index (χ3v) is 2.19. The lowest BCUT2D eigenvalue weighted by Gasteiger charge is -1.90. The summed E-state index contributed by atoms with van der Waals surface area (Å²) in [5, 5.41) is 4.86. The summed E-state index contributed by atoms with van der Waals surface area (Å²) in [5.74, 6) is 1.16. The molecule has 0 aromatic carbocycles. The van der Waals surface area contributed by atoms with Crippen LogP contribution in [0.5, 0.6) is 0 Å². The lowest BCUT2D eigenvalue weighted by molar-refractivity contribution is 0.258. The number of aromatic nitrogens is 4. The molecule has 0 fully saturated rings. The van der Waals surface area contributed by atoms with E-state index in [4.69, 9.17) is 4.74 Å². The van der Waals surface area contributed by atoms with Crippen LogP contribution in [0, 0.1) is 0 Å². The summed E-state index contributed by atoms with van der Waals surface area (Å²) >= 11 is 1.44. The molecule has 0 amide bonds. The van der Waals surface area contributed by atoms with Gasteiger partial charge in [-0.25, -0.2) is 9.50 Å². The SMILES string of the molecule is COCSc1nc2ncccn2n1. The zero-order valence-corrected chi connectivity index (χ0v) is 7.86. The molecule has 13 heavy (non-hydrogen) atoms. The van der Waals surface area contributed by atoms with Crippen molar-refractivity contribution >= 4 is 17.5 Å². The number of hydrogen-bond donors (Lipinski definition) is 0. The second kappa shape index (κ2) is 3.71. The predicted molar refractivity (Wildman–Crippen MR) is 48.5 cm³/mol. The van der Waals surface area contributed by atoms with Gasteiger partial charge in [0.1, 0.15) is 0 Å². The maximum Gasteiger partial charge on any atom is 0.253 e. The highest BCUT2D eigenvalue weighted by molar-refractivity contribution is 7.99. The smallest absolute Gasteiger partial charge is 0.253 e. The van der Waals surface area contributed by atoms with Crippen LogP contribution < -0.4 is 0 Å². The normalized spacial score (nSPS) is 10.8. The van der Waals surface area contributed by atoms with E-state index in [0.29, 0.717) is 16.9 Å². The van der Waals surface area contributed by atoms with E-state index in [9.17, 15) is 0 Å². The van der Waals surface area contributed by atoms with Crippen molar-refractivity contribution in [3.05, 3.63) is 18.5 Å². The number of nitrogens with zero attached hydrogens (tertiary/aromatic N) is 4. The van der Waals surface area contributed by atoms with Gasteiger partial charge in [0.2, 0.25) is 5.16 Å². The van der Waals surface area contributed by atoms with Crippen molar-refractivity contribution in [1.82, 2.24) is 19.6 Å². The molecule has 0 aliphatic carbocycles. The second-order valence-electron chi connectivity index (χ2n) is 2.31. The number of hydrogen-bond acceptors (Lipinski definition) is 5. The van der Waals surface area contributed by atoms with Crippen LogP contribution in [-0.2, 0) is 4.74 Å². The molecule has 0 N–H and O–H groups in total. The molecule has 6 heteroatoms. The minimum atomic E-state index is 0.552. The van der Waals surface area contributed by atoms with Gasteiger partial charge in [-0.1, -0.05) is 11.8 Å². The average Bonchev–Trinajstić information content (AvgIpc) is 2.57. The molecule has 2 rings (SSSR count). The standard InChI is InChI=1S/C7H8N4OS/c1-12-5-13-7-9-6-8-3-2-4-11(6)10-7/h2-4H,5H2,1H3. The Bertz CT molecular complexity index is 369. The summed E-state index contributed by atoms with van der Waals surface area (Å²) in [4.78, 5) is 8.22. The zero-order chi connectivity index (χ0) is 9.10. The van der Waals surface area contributed by atoms with Crippen molar-refractivity contribution in [3.8, 4) is 0 Å². The number of fused-ring (bicyclic) bond motifs is 1. The molecule has 2 aromatic heterocycles. The summed E-state index contributed by atoms with van der Waals surface area (Å²) < 4.78 is 6.53. The molecule has 0 atom stereocenters. The van der Waals surface area contributed by atoms with E-state index in [2.05, 4.69) is 15.1 Å². The van der Waals surface area contributed by atoms with Gasteiger partial charge in [-0.2, -0.15) is 4.98 Å². The monoisotopic (exact) mass is 196 g/mol. The summed E-state index contributed by atoms with van der Waals surface area (Å²) in [6, 6.07) is 1.81. The first-order chi connectivity index (χ1) is 6.40. The van der Waals surface area contributed by atoms with Crippen LogP contribution in [0.3, 0.4) is 0 Å². The summed E-state index contributed by atoms with van der Waals surface area (Å²) in [6.45, 7) is 0. The third-order valence-electron chi connectivity index (χ3n) is 1.40. The van der Waals surface area contributed by atoms with Crippen LogP contribution in [0.2, 0.25) is 0 Å². The van der Waals surface area contributed by atoms with Crippen LogP contribution in [-0.4, -0.2) is 32.6 Å². The van der Waals surface area contributed by atoms with Crippen molar-refractivity contribution in [2.45, 2.75) is 5.16 Å². The predicted octanol–water partition coefficient (Wildman–Crippen LogP) is 0.820. The molecule has 0 bridgehead atoms. The molecule has 0 aliphatic rings. The summed E-state index contributed by atoms with van der Waals surface area (Å²) in [6.07, 6.45) is 3.50. The van der Waals surface area contributed by atoms with Crippen molar-refractivity contribution in [3.63, 3.8) is 0 Å². The largest absolute Gasteiger partial charge is 0.374 e. The zero-order valence-electron chi connectivity index (χ0n) is 7.04. The topological polar surface area (TPSA) is 52.3 Å². The first-order valence-electron chi connectivity index (χ1n) is 3.69. The molecule has 0 unspecified atom stereocenters. The van der Waals surface area contributed by atoms with E-state index in [1.807, 2.05) is 12.3 Å². The van der Waals surface area contributed by atoms with Crippen LogP contribution >= 0.6 is 11.8 Å². The van der Waals surface area contributed by atoms with E-state index in [1.165, 1.54) is 11.8 Å². The second-order valence-corrected chi connectivity index (χ2v) is 3.20. The fourth-order valence-electron chi connectivity index (χ4n) is 0.887. The highest BCUT2D eigenvalue weighted by Crippen LogP contribution is 2.12. The molecule has 2 heterocycles. The van der Waals surface area contributed by atoms with E-state index in [0.717, 1.165) is 0 Å². The maximum absolute atomic E-state index is 4.90. The fraction of sp³-hybridized carbons (Fsp3) is 0.286. The van der Waals surface area contributed by atoms with Crippen LogP contribution in [0.1, 0.15) is 0 Å². The van der Waals surface area contributed by atoms with Crippen molar-refractivity contribution in [1.29, 1.82) is 0 Å². The number of methoxy groups -OCH3 is 1. The van der Waals surface area contributed by atoms with Crippen LogP contribution in [0.25, 0.3) is 5.78 Å². The van der Waals surface area contributed by atoms with Crippen LogP contribution in [0.4, 0.5) is 0 Å². The minimum absolute atomic E-state index is 0.552. The highest BCUT2D eigenvalue weighted by atomic mass is 32.2. The Hall–Kier alpha value is -1.14. The Kier molecular flexibility index (Phi) is 2.42. The Labute approximate surface area is 79.1 Å². The van der Waals surface area contributed by atoms with Gasteiger partial charge in [0.25, 0.3) is 5.78 Å². The van der Waals surface area contributed by atoms with Crippen molar-refractivity contribution in [2.75, 3.05) is 13.0 Å². The van der Waals surface area contributed by atoms with E-state index >= 15 is 0 Å². The lowest BCUT2D eigenvalue weighted by Crippen LogP contribution is -1.87. The lowest BCUT2D eigenvalue weighted by atomic mass is 10.7. The molecular formula is C7H8N4OS. The van der Waals surface area contributed by atoms with Gasteiger partial charge in [0, 0.05) is 19.5 Å². The Morgan fingerprint density at radius 2 is 2.54 bits per heavy atom. The molecule has 0 aliphatic heterocycles. The van der Waals surface area contributed by atoms with Gasteiger partial charge in [-0.05, 0) is 6.07 Å². The fourth-order valence-corrected chi connectivity index (χ4v) is 1.40. The Morgan fingerprint density at radius 3 is 3.31 bits per heavy atom. The van der Waals surface area contributed by atoms with Gasteiger partial charge in [0.05, 0.1) is 5.94 Å². The summed E-state index contributed by atoms with van der Waals surface area (Å²) in [7, 11) is 1.64. The highest BCUT2D eigenvalue weighted by Gasteiger charge is 2.02. The van der Waals surface area contributed by atoms with E-state index in [1.54, 1.807) is 17.8 Å². The molecule has 0 radical (unpaired) electrons. The van der Waals surface area contributed by atoms with E-state index < -0.39 is 0 Å². The van der Waals surface area contributed by atoms with Crippen LogP contribution in [0.15, 0.2) is 23.6 Å². The van der Waals surface area contributed by atoms with Crippen molar-refractivity contribution < 1.29 is 4.74 Å². The first-order valence-corrected chi connectivity index (χ1v) is 4.68. The number of thioether (sulfide) groups is 1. The van der Waals surface area contributed by atoms with Gasteiger partial charge < -0.3 is 4.74 Å². The number of ether oxygens (including phenoxy) is 1. The number of rotatable bonds is 3. The molecule has 0 spiro atoms. The molecule has 68 valence electrons. The van der Waals surface area contributed by atoms with Gasteiger partial charge in [0.15, 0.2) is 0 Å². The quantitative estimate of drug-likeness (QED) is 0.537. The first kappa shape index (κ1) is 8.46. The van der Waals surface area contributed by atoms with Gasteiger partial charge >= 0.3 is 0 Å². The van der Waals surface area contributed by atoms with E-state index in [-0.39, 0.29) is 0 Å². The average molecular weight is 196 g/mol. The molecule has 0 saturated carbocycles. The summed E-state index contributed by atoms with van der Waals surface area (Å²) in [5.41, 5.74) is 0. The van der Waals surface area contributed by atoms with Gasteiger partial charge in [-0.3, -0.25) is 0 Å². The van der Waals surface area contributed by atoms with Crippen molar-refractivity contribution in [2.24, 2.45) is 0 Å². The molecule has 0 saturated heterocycles. The Morgan fingerprint density at radius 1 is 1.62 bits per heavy atom. The maximum atomic E-state index is 4.90. The third kappa shape index (κ3) is 1.78. The molecule has 5 nitrogen and oxygen atoms in total. The Balaban J connectivity index is 2.28. The molecule has 2 aromatic rings. The molecular weight excluding hydrogens is 188 g/mol. The minimum Gasteiger partial charge on any atom is -0.374 e. The van der Waals surface area contributed by atoms with Gasteiger partial charge in [-0.15, -0.1) is 5.10 Å².